The summed E-state index contributed by atoms with van der Waals surface area (Å²) in [6.45, 7) is 0. The van der Waals surface area contributed by atoms with Gasteiger partial charge in [-0.05, 0) is 100 Å². The summed E-state index contributed by atoms with van der Waals surface area (Å²) in [5.74, 6) is 1.68. The smallest absolute Gasteiger partial charge is 0.164 e. The first-order valence-electron chi connectivity index (χ1n) is 18.9. The molecular weight excluding hydrogens is 695 g/mol. The average Bonchev–Trinajstić information content (AvgIpc) is 3.64. The highest BCUT2D eigenvalue weighted by molar-refractivity contribution is 6.09. The minimum absolute atomic E-state index is 0.539. The van der Waals surface area contributed by atoms with Gasteiger partial charge in [0.2, 0.25) is 0 Å². The molecule has 0 fully saturated rings. The maximum atomic E-state index is 9.46. The zero-order valence-corrected chi connectivity index (χ0v) is 30.8. The van der Waals surface area contributed by atoms with Crippen LogP contribution in [-0.2, 0) is 0 Å². The van der Waals surface area contributed by atoms with E-state index in [1.807, 2.05) is 48.5 Å². The number of benzene rings is 8. The van der Waals surface area contributed by atoms with Gasteiger partial charge in [-0.25, -0.2) is 15.0 Å². The first kappa shape index (κ1) is 33.6. The quantitative estimate of drug-likeness (QED) is 0.164. The van der Waals surface area contributed by atoms with Gasteiger partial charge in [-0.3, -0.25) is 0 Å². The number of hydrogen-bond acceptors (Lipinski definition) is 4. The summed E-state index contributed by atoms with van der Waals surface area (Å²) in [4.78, 5) is 15.2. The Morgan fingerprint density at radius 1 is 0.351 bits per heavy atom. The van der Waals surface area contributed by atoms with Gasteiger partial charge in [0.25, 0.3) is 0 Å². The van der Waals surface area contributed by atoms with Crippen molar-refractivity contribution in [3.63, 3.8) is 0 Å². The van der Waals surface area contributed by atoms with Gasteiger partial charge >= 0.3 is 0 Å². The van der Waals surface area contributed by atoms with Gasteiger partial charge in [0, 0.05) is 33.2 Å². The molecule has 0 bridgehead atoms. The molecule has 0 aliphatic heterocycles. The molecule has 0 atom stereocenters. The Morgan fingerprint density at radius 2 is 0.842 bits per heavy atom. The summed E-state index contributed by atoms with van der Waals surface area (Å²) < 4.78 is 2.36. The van der Waals surface area contributed by atoms with E-state index in [9.17, 15) is 5.26 Å². The molecule has 0 aliphatic rings. The van der Waals surface area contributed by atoms with Crippen LogP contribution in [0, 0.1) is 11.3 Å². The van der Waals surface area contributed by atoms with Crippen LogP contribution < -0.4 is 0 Å². The van der Waals surface area contributed by atoms with Crippen molar-refractivity contribution >= 4 is 21.8 Å². The molecule has 0 saturated heterocycles. The summed E-state index contributed by atoms with van der Waals surface area (Å²) in [6, 6.07) is 71.2. The van der Waals surface area contributed by atoms with Crippen LogP contribution in [0.1, 0.15) is 5.56 Å². The van der Waals surface area contributed by atoms with Crippen molar-refractivity contribution < 1.29 is 0 Å². The van der Waals surface area contributed by atoms with Crippen molar-refractivity contribution in [2.24, 2.45) is 0 Å². The Bertz CT molecular complexity index is 3070. The number of fused-ring (bicyclic) bond motifs is 3. The fourth-order valence-electron chi connectivity index (χ4n) is 7.72. The molecule has 0 aliphatic carbocycles. The summed E-state index contributed by atoms with van der Waals surface area (Å²) in [5, 5.41) is 11.9. The van der Waals surface area contributed by atoms with Crippen LogP contribution in [0.2, 0.25) is 0 Å². The number of hydrogen-bond donors (Lipinski definition) is 0. The van der Waals surface area contributed by atoms with Crippen LogP contribution in [0.3, 0.4) is 0 Å². The summed E-state index contributed by atoms with van der Waals surface area (Å²) in [6.07, 6.45) is 0. The number of rotatable bonds is 7. The highest BCUT2D eigenvalue weighted by atomic mass is 15.0. The van der Waals surface area contributed by atoms with E-state index < -0.39 is 0 Å². The molecular formula is C52H33N5. The molecule has 0 saturated carbocycles. The predicted octanol–water partition coefficient (Wildman–Crippen LogP) is 12.8. The average molecular weight is 728 g/mol. The molecule has 10 aromatic rings. The Hall–Kier alpha value is -7.94. The maximum Gasteiger partial charge on any atom is 0.164 e. The first-order valence-corrected chi connectivity index (χ1v) is 18.9. The lowest BCUT2D eigenvalue weighted by atomic mass is 9.92. The number of nitriles is 1. The molecule has 0 spiro atoms. The second kappa shape index (κ2) is 14.4. The fourth-order valence-corrected chi connectivity index (χ4v) is 7.72. The standard InChI is InChI=1S/C52H33N5/c53-34-35-25-27-38(28-26-35)51-54-50(37-15-5-2-6-16-37)55-52(56-51)46-30-29-41(36-13-3-1-4-14-36)33-47(46)42-19-11-17-39(31-42)40-18-12-20-43(32-40)57-48-23-9-7-21-44(48)45-22-8-10-24-49(45)57/h1-33H. The monoisotopic (exact) mass is 727 g/mol. The predicted molar refractivity (Wildman–Crippen MR) is 231 cm³/mol. The fraction of sp³-hybridized carbons (Fsp3) is 0. The van der Waals surface area contributed by atoms with Crippen LogP contribution in [0.5, 0.6) is 0 Å². The van der Waals surface area contributed by atoms with Gasteiger partial charge in [0.05, 0.1) is 22.7 Å². The van der Waals surface area contributed by atoms with E-state index in [0.29, 0.717) is 23.0 Å². The molecule has 0 N–H and O–H groups in total. The third-order valence-corrected chi connectivity index (χ3v) is 10.5. The number of para-hydroxylation sites is 2. The molecule has 2 heterocycles. The number of nitrogens with zero attached hydrogens (tertiary/aromatic N) is 5. The molecule has 0 amide bonds. The lowest BCUT2D eigenvalue weighted by Gasteiger charge is -2.15. The third kappa shape index (κ3) is 6.32. The molecule has 0 radical (unpaired) electrons. The molecule has 57 heavy (non-hydrogen) atoms. The minimum Gasteiger partial charge on any atom is -0.309 e. The van der Waals surface area contributed by atoms with Gasteiger partial charge < -0.3 is 4.57 Å². The Morgan fingerprint density at radius 3 is 1.51 bits per heavy atom. The van der Waals surface area contributed by atoms with E-state index in [2.05, 4.69) is 150 Å². The molecule has 2 aromatic heterocycles. The number of aromatic nitrogens is 4. The molecule has 266 valence electrons. The molecule has 10 rings (SSSR count). The third-order valence-electron chi connectivity index (χ3n) is 10.5. The second-order valence-electron chi connectivity index (χ2n) is 14.0. The summed E-state index contributed by atoms with van der Waals surface area (Å²) in [7, 11) is 0. The highest BCUT2D eigenvalue weighted by Crippen LogP contribution is 2.38. The van der Waals surface area contributed by atoms with E-state index in [1.165, 1.54) is 21.8 Å². The van der Waals surface area contributed by atoms with E-state index in [0.717, 1.165) is 55.8 Å². The topological polar surface area (TPSA) is 67.4 Å². The Kier molecular flexibility index (Phi) is 8.48. The molecule has 8 aromatic carbocycles. The van der Waals surface area contributed by atoms with Crippen molar-refractivity contribution in [2.75, 3.05) is 0 Å². The summed E-state index contributed by atoms with van der Waals surface area (Å²) in [5.41, 5.74) is 13.1. The minimum atomic E-state index is 0.539. The second-order valence-corrected chi connectivity index (χ2v) is 14.0. The largest absolute Gasteiger partial charge is 0.309 e. The van der Waals surface area contributed by atoms with Gasteiger partial charge in [-0.15, -0.1) is 0 Å². The summed E-state index contributed by atoms with van der Waals surface area (Å²) >= 11 is 0. The lowest BCUT2D eigenvalue weighted by molar-refractivity contribution is 1.07. The van der Waals surface area contributed by atoms with Crippen molar-refractivity contribution in [3.05, 3.63) is 206 Å². The van der Waals surface area contributed by atoms with Crippen LogP contribution in [-0.4, -0.2) is 19.5 Å². The van der Waals surface area contributed by atoms with Gasteiger partial charge in [0.1, 0.15) is 0 Å². The molecule has 0 unspecified atom stereocenters. The van der Waals surface area contributed by atoms with E-state index >= 15 is 0 Å². The van der Waals surface area contributed by atoms with Crippen LogP contribution in [0.25, 0.3) is 95.0 Å². The van der Waals surface area contributed by atoms with Gasteiger partial charge in [-0.1, -0.05) is 133 Å². The van der Waals surface area contributed by atoms with Crippen molar-refractivity contribution in [3.8, 4) is 79.3 Å². The van der Waals surface area contributed by atoms with Crippen LogP contribution in [0.15, 0.2) is 200 Å². The SMILES string of the molecule is N#Cc1ccc(-c2nc(-c3ccccc3)nc(-c3ccc(-c4ccccc4)cc3-c3cccc(-c4cccc(-n5c6ccccc6c6ccccc65)c4)c3)n2)cc1. The molecule has 5 heteroatoms. The first-order chi connectivity index (χ1) is 28.2. The van der Waals surface area contributed by atoms with E-state index in [4.69, 9.17) is 15.0 Å². The normalized spacial score (nSPS) is 11.1. The van der Waals surface area contributed by atoms with E-state index in [-0.39, 0.29) is 0 Å². The van der Waals surface area contributed by atoms with Crippen LogP contribution in [0.4, 0.5) is 0 Å². The Labute approximate surface area is 330 Å². The van der Waals surface area contributed by atoms with Gasteiger partial charge in [0.15, 0.2) is 17.5 Å². The van der Waals surface area contributed by atoms with Gasteiger partial charge in [-0.2, -0.15) is 5.26 Å². The molecule has 5 nitrogen and oxygen atoms in total. The van der Waals surface area contributed by atoms with Crippen molar-refractivity contribution in [2.45, 2.75) is 0 Å². The zero-order valence-electron chi connectivity index (χ0n) is 30.8. The Balaban J connectivity index is 1.14. The lowest BCUT2D eigenvalue weighted by Crippen LogP contribution is -2.01. The van der Waals surface area contributed by atoms with E-state index in [1.54, 1.807) is 12.1 Å². The highest BCUT2D eigenvalue weighted by Gasteiger charge is 2.18. The maximum absolute atomic E-state index is 9.46. The van der Waals surface area contributed by atoms with Crippen molar-refractivity contribution in [1.29, 1.82) is 5.26 Å². The van der Waals surface area contributed by atoms with Crippen LogP contribution >= 0.6 is 0 Å². The zero-order chi connectivity index (χ0) is 38.1. The van der Waals surface area contributed by atoms with Crippen molar-refractivity contribution in [1.82, 2.24) is 19.5 Å².